The van der Waals surface area contributed by atoms with Gasteiger partial charge in [0.1, 0.15) is 5.76 Å². The van der Waals surface area contributed by atoms with Crippen LogP contribution in [0.4, 0.5) is 0 Å². The van der Waals surface area contributed by atoms with Crippen LogP contribution in [0.5, 0.6) is 0 Å². The molecule has 0 atom stereocenters. The SMILES string of the molecule is CC(C)(I)c1c[nH]c(=O)o1. The zero-order chi connectivity index (χ0) is 7.78. The van der Waals surface area contributed by atoms with Crippen LogP contribution in [-0.4, -0.2) is 4.98 Å². The molecule has 1 rings (SSSR count). The lowest BCUT2D eigenvalue weighted by Gasteiger charge is -2.09. The predicted molar refractivity (Wildman–Crippen MR) is 46.4 cm³/mol. The molecule has 0 aliphatic carbocycles. The molecule has 0 amide bonds. The number of aromatic nitrogens is 1. The summed E-state index contributed by atoms with van der Waals surface area (Å²) in [5.74, 6) is 0.290. The maximum absolute atomic E-state index is 10.5. The van der Waals surface area contributed by atoms with E-state index in [1.54, 1.807) is 6.20 Å². The van der Waals surface area contributed by atoms with Gasteiger partial charge in [-0.25, -0.2) is 4.79 Å². The zero-order valence-corrected chi connectivity index (χ0v) is 7.93. The molecule has 1 aromatic rings. The van der Waals surface area contributed by atoms with Crippen molar-refractivity contribution in [2.45, 2.75) is 17.3 Å². The van der Waals surface area contributed by atoms with Gasteiger partial charge in [0.25, 0.3) is 0 Å². The minimum Gasteiger partial charge on any atom is -0.412 e. The van der Waals surface area contributed by atoms with Gasteiger partial charge < -0.3 is 4.42 Å². The summed E-state index contributed by atoms with van der Waals surface area (Å²) in [6, 6.07) is 0. The third kappa shape index (κ3) is 1.62. The number of H-pyrrole nitrogens is 1. The number of oxazole rings is 1. The van der Waals surface area contributed by atoms with Crippen LogP contribution in [0, 0.1) is 0 Å². The fourth-order valence-corrected chi connectivity index (χ4v) is 0.842. The lowest BCUT2D eigenvalue weighted by molar-refractivity contribution is 0.444. The Morgan fingerprint density at radius 2 is 2.30 bits per heavy atom. The first kappa shape index (κ1) is 7.84. The molecule has 0 saturated heterocycles. The molecule has 0 aliphatic heterocycles. The van der Waals surface area contributed by atoms with Crippen molar-refractivity contribution in [2.24, 2.45) is 0 Å². The van der Waals surface area contributed by atoms with E-state index in [0.29, 0.717) is 5.76 Å². The number of alkyl halides is 1. The predicted octanol–water partition coefficient (Wildman–Crippen LogP) is 1.64. The van der Waals surface area contributed by atoms with Crippen LogP contribution in [0.25, 0.3) is 0 Å². The standard InChI is InChI=1S/C6H8INO2/c1-6(2,7)4-3-8-5(9)10-4/h3H,1-2H3,(H,8,9). The van der Waals surface area contributed by atoms with Gasteiger partial charge in [-0.3, -0.25) is 4.98 Å². The molecular formula is C6H8INO2. The van der Waals surface area contributed by atoms with Crippen LogP contribution in [0.1, 0.15) is 19.6 Å². The summed E-state index contributed by atoms with van der Waals surface area (Å²) in [5.41, 5.74) is 0. The van der Waals surface area contributed by atoms with Crippen molar-refractivity contribution in [3.05, 3.63) is 22.5 Å². The Hall–Kier alpha value is -0.260. The van der Waals surface area contributed by atoms with Crippen LogP contribution in [-0.2, 0) is 3.42 Å². The minimum absolute atomic E-state index is 0.114. The van der Waals surface area contributed by atoms with Gasteiger partial charge in [-0.15, -0.1) is 0 Å². The minimum atomic E-state index is -0.389. The Morgan fingerprint density at radius 3 is 2.50 bits per heavy atom. The van der Waals surface area contributed by atoms with E-state index in [-0.39, 0.29) is 9.18 Å². The number of halogens is 1. The molecule has 0 aromatic carbocycles. The van der Waals surface area contributed by atoms with E-state index in [1.807, 2.05) is 13.8 Å². The Bertz CT molecular complexity index is 268. The molecule has 1 N–H and O–H groups in total. The number of hydrogen-bond acceptors (Lipinski definition) is 2. The van der Waals surface area contributed by atoms with Gasteiger partial charge in [-0.2, -0.15) is 0 Å². The van der Waals surface area contributed by atoms with Crippen LogP contribution in [0.3, 0.4) is 0 Å². The third-order valence-electron chi connectivity index (χ3n) is 1.11. The normalized spacial score (nSPS) is 11.9. The molecule has 0 aliphatic rings. The second-order valence-electron chi connectivity index (χ2n) is 2.51. The summed E-state index contributed by atoms with van der Waals surface area (Å²) >= 11 is 2.20. The average Bonchev–Trinajstić information content (AvgIpc) is 2.11. The summed E-state index contributed by atoms with van der Waals surface area (Å²) in [6.45, 7) is 3.94. The Balaban J connectivity index is 3.07. The quantitative estimate of drug-likeness (QED) is 0.610. The molecule has 10 heavy (non-hydrogen) atoms. The zero-order valence-electron chi connectivity index (χ0n) is 5.77. The van der Waals surface area contributed by atoms with E-state index in [9.17, 15) is 4.79 Å². The second-order valence-corrected chi connectivity index (χ2v) is 5.21. The lowest BCUT2D eigenvalue weighted by Crippen LogP contribution is -2.04. The summed E-state index contributed by atoms with van der Waals surface area (Å²) in [5, 5.41) is 0. The fourth-order valence-electron chi connectivity index (χ4n) is 0.576. The van der Waals surface area contributed by atoms with Crippen molar-refractivity contribution in [3.8, 4) is 0 Å². The van der Waals surface area contributed by atoms with Crippen LogP contribution in [0.15, 0.2) is 15.4 Å². The van der Waals surface area contributed by atoms with Gasteiger partial charge in [0.05, 0.1) is 3.42 Å². The molecule has 1 heterocycles. The van der Waals surface area contributed by atoms with Gasteiger partial charge >= 0.3 is 5.76 Å². The van der Waals surface area contributed by atoms with Crippen LogP contribution in [0.2, 0.25) is 0 Å². The first-order valence-electron chi connectivity index (χ1n) is 2.88. The summed E-state index contributed by atoms with van der Waals surface area (Å²) in [7, 11) is 0. The van der Waals surface area contributed by atoms with Crippen molar-refractivity contribution < 1.29 is 4.42 Å². The van der Waals surface area contributed by atoms with Crippen LogP contribution >= 0.6 is 22.6 Å². The van der Waals surface area contributed by atoms with Gasteiger partial charge in [-0.1, -0.05) is 22.6 Å². The smallest absolute Gasteiger partial charge is 0.412 e. The Morgan fingerprint density at radius 1 is 1.70 bits per heavy atom. The van der Waals surface area contributed by atoms with Crippen molar-refractivity contribution in [1.82, 2.24) is 4.98 Å². The molecule has 1 aromatic heterocycles. The van der Waals surface area contributed by atoms with Gasteiger partial charge in [0, 0.05) is 6.20 Å². The monoisotopic (exact) mass is 253 g/mol. The van der Waals surface area contributed by atoms with E-state index < -0.39 is 0 Å². The van der Waals surface area contributed by atoms with Crippen molar-refractivity contribution in [1.29, 1.82) is 0 Å². The fraction of sp³-hybridized carbons (Fsp3) is 0.500. The third-order valence-corrected chi connectivity index (χ3v) is 1.64. The molecule has 56 valence electrons. The molecule has 0 radical (unpaired) electrons. The Labute approximate surface area is 72.0 Å². The molecule has 4 heteroatoms. The highest BCUT2D eigenvalue weighted by molar-refractivity contribution is 14.1. The topological polar surface area (TPSA) is 46.0 Å². The Kier molecular flexibility index (Phi) is 1.89. The van der Waals surface area contributed by atoms with Crippen molar-refractivity contribution in [3.63, 3.8) is 0 Å². The summed E-state index contributed by atoms with van der Waals surface area (Å²) in [4.78, 5) is 13.0. The van der Waals surface area contributed by atoms with Crippen molar-refractivity contribution >= 4 is 22.6 Å². The van der Waals surface area contributed by atoms with Gasteiger partial charge in [0.2, 0.25) is 0 Å². The summed E-state index contributed by atoms with van der Waals surface area (Å²) < 4.78 is 4.72. The molecule has 3 nitrogen and oxygen atoms in total. The molecular weight excluding hydrogens is 245 g/mol. The largest absolute Gasteiger partial charge is 0.416 e. The van der Waals surface area contributed by atoms with E-state index in [2.05, 4.69) is 27.6 Å². The second kappa shape index (κ2) is 2.41. The average molecular weight is 253 g/mol. The maximum Gasteiger partial charge on any atom is 0.416 e. The van der Waals surface area contributed by atoms with E-state index >= 15 is 0 Å². The molecule has 0 bridgehead atoms. The highest BCUT2D eigenvalue weighted by Gasteiger charge is 2.19. The number of hydrogen-bond donors (Lipinski definition) is 1. The highest BCUT2D eigenvalue weighted by Crippen LogP contribution is 2.28. The number of nitrogens with one attached hydrogen (secondary N) is 1. The first-order valence-corrected chi connectivity index (χ1v) is 3.96. The van der Waals surface area contributed by atoms with E-state index in [0.717, 1.165) is 0 Å². The molecule has 0 spiro atoms. The first-order chi connectivity index (χ1) is 4.50. The molecule has 0 unspecified atom stereocenters. The molecule has 0 fully saturated rings. The van der Waals surface area contributed by atoms with Gasteiger partial charge in [0.15, 0.2) is 0 Å². The van der Waals surface area contributed by atoms with Crippen LogP contribution < -0.4 is 5.76 Å². The van der Waals surface area contributed by atoms with E-state index in [1.165, 1.54) is 0 Å². The highest BCUT2D eigenvalue weighted by atomic mass is 127. The number of rotatable bonds is 1. The number of aromatic amines is 1. The summed E-state index contributed by atoms with van der Waals surface area (Å²) in [6.07, 6.45) is 1.59. The van der Waals surface area contributed by atoms with E-state index in [4.69, 9.17) is 4.42 Å². The maximum atomic E-state index is 10.5. The lowest BCUT2D eigenvalue weighted by atomic mass is 10.2. The van der Waals surface area contributed by atoms with Crippen molar-refractivity contribution in [2.75, 3.05) is 0 Å². The molecule has 0 saturated carbocycles. The van der Waals surface area contributed by atoms with Gasteiger partial charge in [-0.05, 0) is 13.8 Å².